The molecule has 9 nitrogen and oxygen atoms in total. The molecule has 0 bridgehead atoms. The van der Waals surface area contributed by atoms with Crippen molar-refractivity contribution in [2.24, 2.45) is 9.50 Å². The molecule has 3 atom stereocenters. The number of aryl methyl sites for hydroxylation is 2. The molecule has 5 rings (SSSR count). The van der Waals surface area contributed by atoms with E-state index < -0.39 is 15.9 Å². The van der Waals surface area contributed by atoms with Crippen LogP contribution in [-0.4, -0.2) is 39.8 Å². The predicted octanol–water partition coefficient (Wildman–Crippen LogP) is 2.76. The minimum atomic E-state index is -3.51. The van der Waals surface area contributed by atoms with Gasteiger partial charge < -0.3 is 14.8 Å². The summed E-state index contributed by atoms with van der Waals surface area (Å²) in [5.41, 5.74) is 5.61. The van der Waals surface area contributed by atoms with E-state index in [0.717, 1.165) is 48.9 Å². The van der Waals surface area contributed by atoms with Crippen molar-refractivity contribution in [3.8, 4) is 5.88 Å². The lowest BCUT2D eigenvalue weighted by Gasteiger charge is -2.19. The van der Waals surface area contributed by atoms with Crippen LogP contribution < -0.4 is 15.2 Å². The Morgan fingerprint density at radius 2 is 2.26 bits per heavy atom. The number of carbonyl (C=O) groups is 1. The fourth-order valence-electron chi connectivity index (χ4n) is 5.06. The summed E-state index contributed by atoms with van der Waals surface area (Å²) in [6, 6.07) is 1.56. The average molecular weight is 446 g/mol. The fraction of sp³-hybridized carbons (Fsp3) is 0.524. The Morgan fingerprint density at radius 3 is 3.06 bits per heavy atom. The quantitative estimate of drug-likeness (QED) is 0.750. The van der Waals surface area contributed by atoms with E-state index in [9.17, 15) is 9.00 Å². The van der Waals surface area contributed by atoms with E-state index in [1.54, 1.807) is 11.8 Å². The van der Waals surface area contributed by atoms with Crippen LogP contribution in [0.5, 0.6) is 5.88 Å². The number of carbonyl (C=O) groups excluding carboxylic acids is 1. The van der Waals surface area contributed by atoms with Crippen LogP contribution in [0.1, 0.15) is 47.9 Å². The molecule has 31 heavy (non-hydrogen) atoms. The number of amides is 2. The molecule has 3 aliphatic rings. The summed E-state index contributed by atoms with van der Waals surface area (Å²) in [6.45, 7) is 3.02. The van der Waals surface area contributed by atoms with Gasteiger partial charge in [-0.1, -0.05) is 6.07 Å². The third-order valence-electron chi connectivity index (χ3n) is 6.33. The van der Waals surface area contributed by atoms with Crippen molar-refractivity contribution in [3.63, 3.8) is 0 Å². The molecule has 1 aromatic carbocycles. The molecule has 166 valence electrons. The number of methoxy groups -OCH3 is 1. The molecular weight excluding hydrogens is 418 g/mol. The lowest BCUT2D eigenvalue weighted by molar-refractivity contribution is 0.179. The monoisotopic (exact) mass is 445 g/mol. The van der Waals surface area contributed by atoms with Gasteiger partial charge in [0, 0.05) is 18.7 Å². The Hall–Kier alpha value is -2.43. The minimum Gasteiger partial charge on any atom is -0.472 e. The average Bonchev–Trinajstić information content (AvgIpc) is 3.45. The first-order valence-electron chi connectivity index (χ1n) is 10.6. The topological polar surface area (TPSA) is 121 Å². The second-order valence-corrected chi connectivity index (χ2v) is 10.3. The zero-order valence-corrected chi connectivity index (χ0v) is 18.5. The normalized spacial score (nSPS) is 22.9. The number of anilines is 1. The Balaban J connectivity index is 1.50. The van der Waals surface area contributed by atoms with Gasteiger partial charge in [-0.2, -0.15) is 5.10 Å². The van der Waals surface area contributed by atoms with Crippen LogP contribution in [0, 0.1) is 0 Å². The maximum Gasteiger partial charge on any atom is 0.354 e. The highest BCUT2D eigenvalue weighted by molar-refractivity contribution is 7.91. The van der Waals surface area contributed by atoms with Gasteiger partial charge in [0.15, 0.2) is 9.92 Å². The van der Waals surface area contributed by atoms with E-state index in [4.69, 9.17) is 14.6 Å². The number of nitrogens with zero attached hydrogens (tertiary/aromatic N) is 3. The number of ether oxygens (including phenoxy) is 2. The summed E-state index contributed by atoms with van der Waals surface area (Å²) in [7, 11) is -1.82. The van der Waals surface area contributed by atoms with E-state index in [-0.39, 0.29) is 16.9 Å². The summed E-state index contributed by atoms with van der Waals surface area (Å²) in [5.74, 6) is 0.537. The highest BCUT2D eigenvalue weighted by Crippen LogP contribution is 2.44. The summed E-state index contributed by atoms with van der Waals surface area (Å²) in [5, 5.41) is 13.1. The zero-order valence-electron chi connectivity index (χ0n) is 17.7. The van der Waals surface area contributed by atoms with Crippen molar-refractivity contribution in [1.29, 1.82) is 0 Å². The van der Waals surface area contributed by atoms with Crippen molar-refractivity contribution >= 4 is 21.6 Å². The molecule has 0 radical (unpaired) electrons. The van der Waals surface area contributed by atoms with Crippen LogP contribution in [0.3, 0.4) is 0 Å². The van der Waals surface area contributed by atoms with Crippen LogP contribution in [-0.2, 0) is 40.5 Å². The van der Waals surface area contributed by atoms with Gasteiger partial charge >= 0.3 is 6.03 Å². The molecule has 0 unspecified atom stereocenters. The standard InChI is InChI=1S/C21H27N5O4S/c1-12-10-26-20(30-12)17(9-23-26)31(22,28)25-21(27)24-19-16-5-3-4-13(16)8-14-6-7-15(11-29-2)18(14)19/h8-9,12,15H,3-7,10-11H2,1-2H3,(H3,22,24,25,27,28)/t12-,15-,31-/m1/s1. The number of benzene rings is 1. The smallest absolute Gasteiger partial charge is 0.354 e. The first-order chi connectivity index (χ1) is 14.9. The molecule has 1 aromatic heterocycles. The van der Waals surface area contributed by atoms with Gasteiger partial charge in [0.1, 0.15) is 11.0 Å². The molecule has 1 aliphatic heterocycles. The van der Waals surface area contributed by atoms with E-state index >= 15 is 0 Å². The molecule has 0 spiro atoms. The van der Waals surface area contributed by atoms with Gasteiger partial charge in [0.2, 0.25) is 5.88 Å². The van der Waals surface area contributed by atoms with Crippen LogP contribution in [0.25, 0.3) is 0 Å². The number of nitrogens with one attached hydrogen (secondary N) is 1. The fourth-order valence-corrected chi connectivity index (χ4v) is 6.05. The lowest BCUT2D eigenvalue weighted by Crippen LogP contribution is -2.20. The van der Waals surface area contributed by atoms with Crippen LogP contribution in [0.4, 0.5) is 10.5 Å². The number of hydrogen-bond acceptors (Lipinski definition) is 5. The number of nitrogens with two attached hydrogens (primary N) is 1. The zero-order chi connectivity index (χ0) is 21.8. The Morgan fingerprint density at radius 1 is 1.42 bits per heavy atom. The van der Waals surface area contributed by atoms with Gasteiger partial charge in [-0.15, -0.1) is 4.36 Å². The molecule has 10 heteroatoms. The summed E-state index contributed by atoms with van der Waals surface area (Å²) >= 11 is 0. The third kappa shape index (κ3) is 3.52. The van der Waals surface area contributed by atoms with Crippen LogP contribution in [0.2, 0.25) is 0 Å². The minimum absolute atomic E-state index is 0.0984. The molecule has 0 saturated carbocycles. The molecule has 2 heterocycles. The number of rotatable bonds is 4. The van der Waals surface area contributed by atoms with E-state index in [1.807, 2.05) is 6.92 Å². The largest absolute Gasteiger partial charge is 0.472 e. The molecule has 0 saturated heterocycles. The van der Waals surface area contributed by atoms with Crippen molar-refractivity contribution in [2.45, 2.75) is 62.5 Å². The number of aromatic nitrogens is 2. The number of fused-ring (bicyclic) bond motifs is 3. The Bertz CT molecular complexity index is 1180. The molecule has 2 aromatic rings. The number of hydrogen-bond donors (Lipinski definition) is 2. The molecular formula is C21H27N5O4S. The first kappa shape index (κ1) is 20.5. The highest BCUT2D eigenvalue weighted by Gasteiger charge is 2.32. The first-order valence-corrected chi connectivity index (χ1v) is 12.2. The van der Waals surface area contributed by atoms with Crippen molar-refractivity contribution < 1.29 is 18.5 Å². The third-order valence-corrected chi connectivity index (χ3v) is 7.68. The Kier molecular flexibility index (Phi) is 5.03. The summed E-state index contributed by atoms with van der Waals surface area (Å²) in [6.07, 6.45) is 6.17. The van der Waals surface area contributed by atoms with Gasteiger partial charge in [0.25, 0.3) is 0 Å². The maximum atomic E-state index is 13.1. The van der Waals surface area contributed by atoms with E-state index in [2.05, 4.69) is 20.8 Å². The lowest BCUT2D eigenvalue weighted by atomic mass is 9.94. The predicted molar refractivity (Wildman–Crippen MR) is 116 cm³/mol. The van der Waals surface area contributed by atoms with E-state index in [0.29, 0.717) is 19.0 Å². The molecule has 2 aliphatic carbocycles. The van der Waals surface area contributed by atoms with Crippen LogP contribution in [0.15, 0.2) is 21.5 Å². The Labute approximate surface area is 181 Å². The van der Waals surface area contributed by atoms with Gasteiger partial charge in [0.05, 0.1) is 19.3 Å². The van der Waals surface area contributed by atoms with Gasteiger partial charge in [-0.25, -0.2) is 18.8 Å². The molecule has 3 N–H and O–H groups in total. The van der Waals surface area contributed by atoms with Gasteiger partial charge in [-0.05, 0) is 61.3 Å². The second kappa shape index (κ2) is 7.61. The molecule has 0 fully saturated rings. The maximum absolute atomic E-state index is 13.1. The highest BCUT2D eigenvalue weighted by atomic mass is 32.2. The molecule has 2 amide bonds. The van der Waals surface area contributed by atoms with Gasteiger partial charge in [-0.3, -0.25) is 0 Å². The van der Waals surface area contributed by atoms with Crippen molar-refractivity contribution in [2.75, 3.05) is 19.0 Å². The second-order valence-electron chi connectivity index (χ2n) is 8.52. The van der Waals surface area contributed by atoms with E-state index in [1.165, 1.54) is 17.3 Å². The van der Waals surface area contributed by atoms with Crippen LogP contribution >= 0.6 is 0 Å². The summed E-state index contributed by atoms with van der Waals surface area (Å²) < 4.78 is 29.7. The van der Waals surface area contributed by atoms with Crippen molar-refractivity contribution in [3.05, 3.63) is 34.5 Å². The number of urea groups is 1. The SMILES string of the molecule is COC[C@H]1CCc2cc3c(c(NC(=O)N=[S@@](N)(=O)c4cnn5c4O[C@H](C)C5)c21)CCC3. The van der Waals surface area contributed by atoms with Crippen molar-refractivity contribution in [1.82, 2.24) is 9.78 Å². The summed E-state index contributed by atoms with van der Waals surface area (Å²) in [4.78, 5) is 13.1.